The van der Waals surface area contributed by atoms with Gasteiger partial charge in [-0.15, -0.1) is 11.3 Å². The Labute approximate surface area is 251 Å². The van der Waals surface area contributed by atoms with E-state index in [1.54, 1.807) is 50.9 Å². The summed E-state index contributed by atoms with van der Waals surface area (Å²) in [5.74, 6) is -1.91. The lowest BCUT2D eigenvalue weighted by molar-refractivity contribution is -0.180. The van der Waals surface area contributed by atoms with Crippen molar-refractivity contribution >= 4 is 45.2 Å². The average Bonchev–Trinajstić information content (AvgIpc) is 3.32. The Balaban J connectivity index is 2.39. The first-order valence-electron chi connectivity index (χ1n) is 14.1. The van der Waals surface area contributed by atoms with E-state index in [2.05, 4.69) is 16.1 Å². The number of carbonyl (C=O) groups is 4. The second-order valence-corrected chi connectivity index (χ2v) is 11.3. The van der Waals surface area contributed by atoms with Gasteiger partial charge in [0.05, 0.1) is 12.5 Å². The maximum atomic E-state index is 14.2. The highest BCUT2D eigenvalue weighted by atomic mass is 32.1. The zero-order chi connectivity index (χ0) is 31.3. The fourth-order valence-corrected chi connectivity index (χ4v) is 5.07. The van der Waals surface area contributed by atoms with Gasteiger partial charge < -0.3 is 29.7 Å². The van der Waals surface area contributed by atoms with E-state index >= 15 is 0 Å². The molecule has 2 aromatic rings. The number of benzene rings is 1. The van der Waals surface area contributed by atoms with E-state index in [0.717, 1.165) is 15.6 Å². The lowest BCUT2D eigenvalue weighted by Gasteiger charge is -2.36. The number of nitrogens with one attached hydrogen (secondary N) is 3. The van der Waals surface area contributed by atoms with Crippen LogP contribution in [-0.4, -0.2) is 79.1 Å². The van der Waals surface area contributed by atoms with E-state index in [1.807, 2.05) is 43.5 Å². The van der Waals surface area contributed by atoms with Gasteiger partial charge >= 0.3 is 12.0 Å². The summed E-state index contributed by atoms with van der Waals surface area (Å²) in [5.41, 5.74) is 2.19. The van der Waals surface area contributed by atoms with Crippen LogP contribution in [0.25, 0.3) is 10.1 Å². The zero-order valence-electron chi connectivity index (χ0n) is 25.5. The Hall–Kier alpha value is -3.26. The van der Waals surface area contributed by atoms with Crippen LogP contribution in [0.3, 0.4) is 0 Å². The number of hydroxylamine groups is 1. The molecule has 1 unspecified atom stereocenters. The fourth-order valence-electron chi connectivity index (χ4n) is 4.11. The maximum absolute atomic E-state index is 14.2. The number of amides is 4. The molecule has 0 bridgehead atoms. The SMILES string of the molecule is CCNC(=O)NOCC(=O)NC(CC(=O)OC(C)(C)C)C(=O)N(Cc1csc2ccccc12)[C@@H](C)C(OCC)OCC. The van der Waals surface area contributed by atoms with Crippen molar-refractivity contribution in [3.8, 4) is 0 Å². The number of hydrogen-bond donors (Lipinski definition) is 3. The third-order valence-electron chi connectivity index (χ3n) is 5.86. The Bertz CT molecular complexity index is 1180. The van der Waals surface area contributed by atoms with Gasteiger partial charge in [-0.3, -0.25) is 19.2 Å². The highest BCUT2D eigenvalue weighted by Gasteiger charge is 2.36. The molecule has 234 valence electrons. The summed E-state index contributed by atoms with van der Waals surface area (Å²) in [6, 6.07) is 5.36. The van der Waals surface area contributed by atoms with Crippen molar-refractivity contribution < 1.29 is 38.2 Å². The predicted octanol–water partition coefficient (Wildman–Crippen LogP) is 3.48. The molecule has 42 heavy (non-hydrogen) atoms. The summed E-state index contributed by atoms with van der Waals surface area (Å²) in [6.07, 6.45) is -1.18. The second kappa shape index (κ2) is 17.0. The van der Waals surface area contributed by atoms with Crippen LogP contribution in [-0.2, 0) is 40.0 Å². The van der Waals surface area contributed by atoms with Gasteiger partial charge in [-0.2, -0.15) is 0 Å². The number of nitrogens with zero attached hydrogens (tertiary/aromatic N) is 1. The van der Waals surface area contributed by atoms with Crippen molar-refractivity contribution in [2.75, 3.05) is 26.4 Å². The highest BCUT2D eigenvalue weighted by molar-refractivity contribution is 7.17. The summed E-state index contributed by atoms with van der Waals surface area (Å²) in [4.78, 5) is 58.0. The van der Waals surface area contributed by atoms with Crippen LogP contribution in [0.15, 0.2) is 29.6 Å². The molecule has 12 nitrogen and oxygen atoms in total. The monoisotopic (exact) mass is 608 g/mol. The van der Waals surface area contributed by atoms with Crippen molar-refractivity contribution in [3.05, 3.63) is 35.2 Å². The highest BCUT2D eigenvalue weighted by Crippen LogP contribution is 2.28. The number of hydrogen-bond acceptors (Lipinski definition) is 9. The quantitative estimate of drug-likeness (QED) is 0.149. The number of thiophene rings is 1. The molecule has 1 aromatic heterocycles. The fraction of sp³-hybridized carbons (Fsp3) is 0.586. The van der Waals surface area contributed by atoms with Crippen molar-refractivity contribution in [2.24, 2.45) is 0 Å². The van der Waals surface area contributed by atoms with Crippen LogP contribution >= 0.6 is 11.3 Å². The summed E-state index contributed by atoms with van der Waals surface area (Å²) in [7, 11) is 0. The first-order chi connectivity index (χ1) is 19.9. The lowest BCUT2D eigenvalue weighted by atomic mass is 10.1. The van der Waals surface area contributed by atoms with Crippen molar-refractivity contribution in [3.63, 3.8) is 0 Å². The van der Waals surface area contributed by atoms with Gasteiger partial charge in [-0.25, -0.2) is 10.3 Å². The van der Waals surface area contributed by atoms with Crippen LogP contribution in [0.5, 0.6) is 0 Å². The molecule has 2 rings (SSSR count). The van der Waals surface area contributed by atoms with Crippen LogP contribution < -0.4 is 16.1 Å². The number of carbonyl (C=O) groups excluding carboxylic acids is 4. The zero-order valence-corrected chi connectivity index (χ0v) is 26.3. The minimum atomic E-state index is -1.29. The number of esters is 1. The molecule has 3 N–H and O–H groups in total. The molecule has 1 heterocycles. The third kappa shape index (κ3) is 11.2. The first-order valence-corrected chi connectivity index (χ1v) is 14.9. The number of fused-ring (bicyclic) bond motifs is 1. The Kier molecular flexibility index (Phi) is 14.1. The standard InChI is InChI=1S/C29H44N4O8S/c1-8-30-28(37)32-40-17-24(34)31-22(15-25(35)41-29(5,6)7)26(36)33(19(4)27(38-9-2)39-10-3)16-20-18-42-23-14-12-11-13-21(20)23/h11-14,18-19,22,27H,8-10,15-17H2,1-7H3,(H,31,34)(H2,30,32,37)/t19-,22?/m0/s1. The Morgan fingerprint density at radius 3 is 2.31 bits per heavy atom. The minimum Gasteiger partial charge on any atom is -0.460 e. The summed E-state index contributed by atoms with van der Waals surface area (Å²) in [5, 5.41) is 8.03. The largest absolute Gasteiger partial charge is 0.460 e. The van der Waals surface area contributed by atoms with Gasteiger partial charge in [0.2, 0.25) is 11.8 Å². The van der Waals surface area contributed by atoms with Gasteiger partial charge in [-0.1, -0.05) is 18.2 Å². The normalized spacial score (nSPS) is 13.0. The van der Waals surface area contributed by atoms with Crippen LogP contribution in [0, 0.1) is 0 Å². The predicted molar refractivity (Wildman–Crippen MR) is 159 cm³/mol. The summed E-state index contributed by atoms with van der Waals surface area (Å²) >= 11 is 1.56. The maximum Gasteiger partial charge on any atom is 0.338 e. The summed E-state index contributed by atoms with van der Waals surface area (Å²) in [6.45, 7) is 13.0. The molecule has 0 saturated carbocycles. The smallest absolute Gasteiger partial charge is 0.338 e. The first kappa shape index (κ1) is 34.9. The van der Waals surface area contributed by atoms with Gasteiger partial charge in [-0.05, 0) is 70.9 Å². The number of ether oxygens (including phenoxy) is 3. The minimum absolute atomic E-state index is 0.177. The van der Waals surface area contributed by atoms with Crippen molar-refractivity contribution in [2.45, 2.75) is 85.4 Å². The molecule has 0 aliphatic rings. The van der Waals surface area contributed by atoms with Gasteiger partial charge in [0, 0.05) is 31.0 Å². The van der Waals surface area contributed by atoms with Crippen LogP contribution in [0.1, 0.15) is 60.5 Å². The van der Waals surface area contributed by atoms with E-state index in [9.17, 15) is 19.2 Å². The van der Waals surface area contributed by atoms with E-state index in [-0.39, 0.29) is 6.54 Å². The van der Waals surface area contributed by atoms with Crippen molar-refractivity contribution in [1.29, 1.82) is 0 Å². The van der Waals surface area contributed by atoms with E-state index < -0.39 is 60.8 Å². The Morgan fingerprint density at radius 1 is 1.02 bits per heavy atom. The van der Waals surface area contributed by atoms with Gasteiger partial charge in [0.1, 0.15) is 11.6 Å². The molecule has 0 aliphatic heterocycles. The van der Waals surface area contributed by atoms with E-state index in [0.29, 0.717) is 19.8 Å². The van der Waals surface area contributed by atoms with Gasteiger partial charge in [0.15, 0.2) is 12.9 Å². The molecular weight excluding hydrogens is 564 g/mol. The van der Waals surface area contributed by atoms with Gasteiger partial charge in [0.25, 0.3) is 0 Å². The molecule has 0 saturated heterocycles. The summed E-state index contributed by atoms with van der Waals surface area (Å²) < 4.78 is 18.2. The lowest BCUT2D eigenvalue weighted by Crippen LogP contribution is -2.55. The average molecular weight is 609 g/mol. The molecular formula is C29H44N4O8S. The molecule has 0 spiro atoms. The number of urea groups is 1. The third-order valence-corrected chi connectivity index (χ3v) is 6.87. The van der Waals surface area contributed by atoms with Crippen LogP contribution in [0.2, 0.25) is 0 Å². The molecule has 2 atom stereocenters. The molecule has 0 aliphatic carbocycles. The van der Waals surface area contributed by atoms with E-state index in [1.165, 1.54) is 0 Å². The molecule has 13 heteroatoms. The van der Waals surface area contributed by atoms with Crippen molar-refractivity contribution in [1.82, 2.24) is 21.0 Å². The van der Waals surface area contributed by atoms with E-state index in [4.69, 9.17) is 19.0 Å². The topological polar surface area (TPSA) is 145 Å². The van der Waals surface area contributed by atoms with Crippen LogP contribution in [0.4, 0.5) is 4.79 Å². The molecule has 4 amide bonds. The molecule has 0 fully saturated rings. The number of rotatable bonds is 16. The molecule has 1 aromatic carbocycles. The second-order valence-electron chi connectivity index (χ2n) is 10.4. The molecule has 0 radical (unpaired) electrons. The Morgan fingerprint density at radius 2 is 1.69 bits per heavy atom.